The van der Waals surface area contributed by atoms with Gasteiger partial charge in [-0.25, -0.2) is 9.18 Å². The fraction of sp³-hybridized carbons (Fsp3) is 0.462. The molecule has 1 atom stereocenters. The van der Waals surface area contributed by atoms with Crippen LogP contribution in [0.5, 0.6) is 0 Å². The maximum Gasteiger partial charge on any atom is 0.328 e. The van der Waals surface area contributed by atoms with Gasteiger partial charge < -0.3 is 15.8 Å². The van der Waals surface area contributed by atoms with E-state index in [2.05, 4.69) is 5.32 Å². The Labute approximate surface area is 106 Å². The van der Waals surface area contributed by atoms with E-state index in [0.717, 1.165) is 0 Å². The number of methoxy groups -OCH3 is 1. The Morgan fingerprint density at radius 2 is 2.17 bits per heavy atom. The standard InChI is InChI=1S/C13H19FN2O2/c1-8(2)6-12(13(17)18-3)16-11-5-4-9(14)7-10(11)15/h4-5,7-8,12,16H,6,15H2,1-3H3. The van der Waals surface area contributed by atoms with Crippen LogP contribution in [0.3, 0.4) is 0 Å². The lowest BCUT2D eigenvalue weighted by molar-refractivity contribution is -0.141. The van der Waals surface area contributed by atoms with Crippen molar-refractivity contribution in [2.45, 2.75) is 26.3 Å². The number of anilines is 2. The molecule has 4 nitrogen and oxygen atoms in total. The van der Waals surface area contributed by atoms with Crippen molar-refractivity contribution in [1.82, 2.24) is 0 Å². The Hall–Kier alpha value is -1.78. The number of ether oxygens (including phenoxy) is 1. The second-order valence-corrected chi connectivity index (χ2v) is 4.58. The van der Waals surface area contributed by atoms with E-state index in [4.69, 9.17) is 10.5 Å². The van der Waals surface area contributed by atoms with Crippen LogP contribution in [0, 0.1) is 11.7 Å². The third kappa shape index (κ3) is 3.91. The molecule has 5 heteroatoms. The summed E-state index contributed by atoms with van der Waals surface area (Å²) in [4.78, 5) is 11.6. The van der Waals surface area contributed by atoms with Gasteiger partial charge in [0.2, 0.25) is 0 Å². The van der Waals surface area contributed by atoms with Gasteiger partial charge in [0, 0.05) is 0 Å². The van der Waals surface area contributed by atoms with Crippen LogP contribution in [0.4, 0.5) is 15.8 Å². The maximum atomic E-state index is 12.9. The number of nitrogens with two attached hydrogens (primary N) is 1. The Morgan fingerprint density at radius 3 is 2.67 bits per heavy atom. The summed E-state index contributed by atoms with van der Waals surface area (Å²) in [5, 5.41) is 2.99. The zero-order valence-electron chi connectivity index (χ0n) is 10.9. The van der Waals surface area contributed by atoms with Gasteiger partial charge in [0.25, 0.3) is 0 Å². The van der Waals surface area contributed by atoms with Crippen molar-refractivity contribution >= 4 is 17.3 Å². The van der Waals surface area contributed by atoms with E-state index in [1.54, 1.807) is 0 Å². The van der Waals surface area contributed by atoms with Crippen LogP contribution in [0.2, 0.25) is 0 Å². The van der Waals surface area contributed by atoms with E-state index in [-0.39, 0.29) is 11.7 Å². The first-order valence-electron chi connectivity index (χ1n) is 5.83. The molecular weight excluding hydrogens is 235 g/mol. The molecule has 18 heavy (non-hydrogen) atoms. The first-order valence-corrected chi connectivity index (χ1v) is 5.83. The summed E-state index contributed by atoms with van der Waals surface area (Å²) in [6, 6.07) is 3.54. The van der Waals surface area contributed by atoms with Crippen molar-refractivity contribution in [1.29, 1.82) is 0 Å². The van der Waals surface area contributed by atoms with Crippen LogP contribution in [-0.4, -0.2) is 19.1 Å². The molecule has 0 aromatic heterocycles. The molecule has 1 aromatic rings. The molecule has 0 heterocycles. The number of benzene rings is 1. The van der Waals surface area contributed by atoms with Crippen molar-refractivity contribution in [3.63, 3.8) is 0 Å². The minimum absolute atomic E-state index is 0.271. The van der Waals surface area contributed by atoms with Gasteiger partial charge in [-0.1, -0.05) is 13.8 Å². The summed E-state index contributed by atoms with van der Waals surface area (Å²) in [5.41, 5.74) is 6.49. The van der Waals surface area contributed by atoms with Crippen LogP contribution in [-0.2, 0) is 9.53 Å². The maximum absolute atomic E-state index is 12.9. The molecule has 0 aliphatic carbocycles. The number of nitrogens with one attached hydrogen (secondary N) is 1. The zero-order valence-corrected chi connectivity index (χ0v) is 10.9. The third-order valence-corrected chi connectivity index (χ3v) is 2.54. The molecule has 0 spiro atoms. The molecule has 0 saturated heterocycles. The molecule has 0 amide bonds. The van der Waals surface area contributed by atoms with E-state index in [0.29, 0.717) is 18.0 Å². The van der Waals surface area contributed by atoms with Gasteiger partial charge >= 0.3 is 5.97 Å². The summed E-state index contributed by atoms with van der Waals surface area (Å²) in [5.74, 6) is -0.438. The second-order valence-electron chi connectivity index (χ2n) is 4.58. The molecule has 1 aromatic carbocycles. The summed E-state index contributed by atoms with van der Waals surface area (Å²) in [7, 11) is 1.34. The molecule has 3 N–H and O–H groups in total. The fourth-order valence-electron chi connectivity index (χ4n) is 1.68. The minimum Gasteiger partial charge on any atom is -0.467 e. The number of nitrogen functional groups attached to an aromatic ring is 1. The molecule has 1 rings (SSSR count). The van der Waals surface area contributed by atoms with Crippen molar-refractivity contribution < 1.29 is 13.9 Å². The van der Waals surface area contributed by atoms with Gasteiger partial charge in [-0.15, -0.1) is 0 Å². The van der Waals surface area contributed by atoms with E-state index in [9.17, 15) is 9.18 Å². The Morgan fingerprint density at radius 1 is 1.50 bits per heavy atom. The van der Waals surface area contributed by atoms with Crippen molar-refractivity contribution in [2.24, 2.45) is 5.92 Å². The average molecular weight is 254 g/mol. The van der Waals surface area contributed by atoms with Crippen LogP contribution >= 0.6 is 0 Å². The highest BCUT2D eigenvalue weighted by Crippen LogP contribution is 2.22. The molecule has 1 unspecified atom stereocenters. The van der Waals surface area contributed by atoms with Gasteiger partial charge in [0.1, 0.15) is 11.9 Å². The van der Waals surface area contributed by atoms with Crippen molar-refractivity contribution in [3.05, 3.63) is 24.0 Å². The highest BCUT2D eigenvalue weighted by molar-refractivity contribution is 5.81. The predicted octanol–water partition coefficient (Wildman–Crippen LogP) is 2.41. The molecular formula is C13H19FN2O2. The van der Waals surface area contributed by atoms with Gasteiger partial charge in [-0.3, -0.25) is 0 Å². The van der Waals surface area contributed by atoms with Crippen molar-refractivity contribution in [3.8, 4) is 0 Å². The Bertz CT molecular complexity index is 421. The lowest BCUT2D eigenvalue weighted by Crippen LogP contribution is -2.32. The number of esters is 1. The molecule has 100 valence electrons. The number of carbonyl (C=O) groups excluding carboxylic acids is 1. The highest BCUT2D eigenvalue weighted by Gasteiger charge is 2.21. The number of halogens is 1. The van der Waals surface area contributed by atoms with Gasteiger partial charge in [0.05, 0.1) is 18.5 Å². The first-order chi connectivity index (χ1) is 8.43. The van der Waals surface area contributed by atoms with E-state index < -0.39 is 11.9 Å². The average Bonchev–Trinajstić information content (AvgIpc) is 2.30. The topological polar surface area (TPSA) is 64.3 Å². The molecule has 0 bridgehead atoms. The Balaban J connectivity index is 2.85. The van der Waals surface area contributed by atoms with Gasteiger partial charge in [-0.2, -0.15) is 0 Å². The predicted molar refractivity (Wildman–Crippen MR) is 69.7 cm³/mol. The summed E-state index contributed by atoms with van der Waals surface area (Å²) >= 11 is 0. The fourth-order valence-corrected chi connectivity index (χ4v) is 1.68. The Kier molecular flexibility index (Phi) is 4.95. The van der Waals surface area contributed by atoms with Crippen LogP contribution in [0.1, 0.15) is 20.3 Å². The lowest BCUT2D eigenvalue weighted by atomic mass is 10.0. The second kappa shape index (κ2) is 6.23. The van der Waals surface area contributed by atoms with E-state index >= 15 is 0 Å². The van der Waals surface area contributed by atoms with Crippen LogP contribution in [0.25, 0.3) is 0 Å². The summed E-state index contributed by atoms with van der Waals surface area (Å²) in [6.07, 6.45) is 0.615. The van der Waals surface area contributed by atoms with E-state index in [1.807, 2.05) is 13.8 Å². The molecule has 0 fully saturated rings. The molecule has 0 saturated carbocycles. The van der Waals surface area contributed by atoms with Crippen LogP contribution in [0.15, 0.2) is 18.2 Å². The number of hydrogen-bond donors (Lipinski definition) is 2. The lowest BCUT2D eigenvalue weighted by Gasteiger charge is -2.20. The summed E-state index contributed by atoms with van der Waals surface area (Å²) in [6.45, 7) is 4.01. The normalized spacial score (nSPS) is 12.3. The van der Waals surface area contributed by atoms with Crippen molar-refractivity contribution in [2.75, 3.05) is 18.2 Å². The first kappa shape index (κ1) is 14.3. The molecule has 0 aliphatic heterocycles. The smallest absolute Gasteiger partial charge is 0.328 e. The number of carbonyl (C=O) groups is 1. The third-order valence-electron chi connectivity index (χ3n) is 2.54. The molecule has 0 radical (unpaired) electrons. The quantitative estimate of drug-likeness (QED) is 0.625. The van der Waals surface area contributed by atoms with Gasteiger partial charge in [-0.05, 0) is 30.5 Å². The number of hydrogen-bond acceptors (Lipinski definition) is 4. The SMILES string of the molecule is COC(=O)C(CC(C)C)Nc1ccc(F)cc1N. The molecule has 0 aliphatic rings. The van der Waals surface area contributed by atoms with Gasteiger partial charge in [0.15, 0.2) is 0 Å². The van der Waals surface area contributed by atoms with E-state index in [1.165, 1.54) is 25.3 Å². The summed E-state index contributed by atoms with van der Waals surface area (Å²) < 4.78 is 17.7. The highest BCUT2D eigenvalue weighted by atomic mass is 19.1. The van der Waals surface area contributed by atoms with Crippen LogP contribution < -0.4 is 11.1 Å². The monoisotopic (exact) mass is 254 g/mol. The zero-order chi connectivity index (χ0) is 13.7. The number of rotatable bonds is 5. The minimum atomic E-state index is -0.484. The largest absolute Gasteiger partial charge is 0.467 e.